The summed E-state index contributed by atoms with van der Waals surface area (Å²) in [6.45, 7) is 4.44. The van der Waals surface area contributed by atoms with Gasteiger partial charge in [-0.3, -0.25) is 14.5 Å². The second-order valence-electron chi connectivity index (χ2n) is 7.94. The molecule has 0 radical (unpaired) electrons. The average molecular weight is 396 g/mol. The molecular formula is C22H29N5O2. The lowest BCUT2D eigenvalue weighted by molar-refractivity contribution is -0.140. The summed E-state index contributed by atoms with van der Waals surface area (Å²) in [5.41, 5.74) is 2.72. The topological polar surface area (TPSA) is 70.5 Å². The standard InChI is InChI=1S/C22H29N5O2/c1-3-26(15-20-23-8-10-25(20)2)21(28)14-19-22(29)24-9-11-27(19)18-12-16-6-4-5-7-17(16)13-18/h4-8,10,18-19H,3,9,11-15H2,1-2H3,(H,24,29)/t19-/m0/s1. The maximum Gasteiger partial charge on any atom is 0.237 e. The molecular weight excluding hydrogens is 366 g/mol. The fourth-order valence-electron chi connectivity index (χ4n) is 4.54. The predicted molar refractivity (Wildman–Crippen MR) is 110 cm³/mol. The number of carbonyl (C=O) groups excluding carboxylic acids is 2. The number of benzene rings is 1. The Hall–Kier alpha value is -2.67. The molecule has 1 fully saturated rings. The van der Waals surface area contributed by atoms with Crippen LogP contribution in [0.1, 0.15) is 30.3 Å². The quantitative estimate of drug-likeness (QED) is 0.796. The Morgan fingerprint density at radius 2 is 2.00 bits per heavy atom. The van der Waals surface area contributed by atoms with Crippen LogP contribution in [-0.4, -0.2) is 62.9 Å². The molecule has 7 heteroatoms. The number of nitrogens with one attached hydrogen (secondary N) is 1. The zero-order chi connectivity index (χ0) is 20.4. The number of hydrogen-bond acceptors (Lipinski definition) is 4. The predicted octanol–water partition coefficient (Wildman–Crippen LogP) is 1.13. The molecule has 2 aliphatic rings. The van der Waals surface area contributed by atoms with Gasteiger partial charge in [-0.25, -0.2) is 4.98 Å². The molecule has 154 valence electrons. The van der Waals surface area contributed by atoms with Gasteiger partial charge >= 0.3 is 0 Å². The average Bonchev–Trinajstić information content (AvgIpc) is 3.33. The van der Waals surface area contributed by atoms with Crippen molar-refractivity contribution in [3.05, 3.63) is 53.6 Å². The van der Waals surface area contributed by atoms with Gasteiger partial charge in [-0.05, 0) is 30.9 Å². The molecule has 0 unspecified atom stereocenters. The molecule has 1 aromatic carbocycles. The van der Waals surface area contributed by atoms with Gasteiger partial charge < -0.3 is 14.8 Å². The Morgan fingerprint density at radius 3 is 2.62 bits per heavy atom. The van der Waals surface area contributed by atoms with Crippen molar-refractivity contribution in [3.8, 4) is 0 Å². The zero-order valence-electron chi connectivity index (χ0n) is 17.2. The van der Waals surface area contributed by atoms with E-state index in [1.807, 2.05) is 24.7 Å². The summed E-state index contributed by atoms with van der Waals surface area (Å²) in [4.78, 5) is 34.2. The third kappa shape index (κ3) is 4.05. The molecule has 29 heavy (non-hydrogen) atoms. The first kappa shape index (κ1) is 19.6. The molecule has 7 nitrogen and oxygen atoms in total. The SMILES string of the molecule is CCN(Cc1nccn1C)C(=O)C[C@H]1C(=O)NCCN1C1Cc2ccccc2C1. The van der Waals surface area contributed by atoms with Gasteiger partial charge in [0.15, 0.2) is 0 Å². The fourth-order valence-corrected chi connectivity index (χ4v) is 4.54. The van der Waals surface area contributed by atoms with Crippen LogP contribution in [0.2, 0.25) is 0 Å². The van der Waals surface area contributed by atoms with Crippen molar-refractivity contribution in [3.63, 3.8) is 0 Å². The number of piperazine rings is 1. The summed E-state index contributed by atoms with van der Waals surface area (Å²) in [5, 5.41) is 2.96. The first-order chi connectivity index (χ1) is 14.1. The van der Waals surface area contributed by atoms with E-state index < -0.39 is 6.04 Å². The molecule has 1 aliphatic heterocycles. The summed E-state index contributed by atoms with van der Waals surface area (Å²) in [7, 11) is 1.93. The summed E-state index contributed by atoms with van der Waals surface area (Å²) >= 11 is 0. The van der Waals surface area contributed by atoms with Crippen molar-refractivity contribution in [2.24, 2.45) is 7.05 Å². The second kappa shape index (κ2) is 8.37. The number of aromatic nitrogens is 2. The second-order valence-corrected chi connectivity index (χ2v) is 7.94. The Morgan fingerprint density at radius 1 is 1.28 bits per heavy atom. The van der Waals surface area contributed by atoms with Gasteiger partial charge in [-0.2, -0.15) is 0 Å². The van der Waals surface area contributed by atoms with E-state index in [-0.39, 0.29) is 24.3 Å². The molecule has 1 aliphatic carbocycles. The maximum atomic E-state index is 13.1. The Labute approximate surface area is 171 Å². The lowest BCUT2D eigenvalue weighted by atomic mass is 10.0. The van der Waals surface area contributed by atoms with Crippen LogP contribution in [0.4, 0.5) is 0 Å². The summed E-state index contributed by atoms with van der Waals surface area (Å²) in [5.74, 6) is 0.808. The Kier molecular flexibility index (Phi) is 5.67. The van der Waals surface area contributed by atoms with Crippen LogP contribution in [0, 0.1) is 0 Å². The molecule has 1 atom stereocenters. The van der Waals surface area contributed by atoms with Crippen molar-refractivity contribution >= 4 is 11.8 Å². The van der Waals surface area contributed by atoms with Crippen molar-refractivity contribution < 1.29 is 9.59 Å². The molecule has 1 N–H and O–H groups in total. The van der Waals surface area contributed by atoms with Crippen LogP contribution in [0.5, 0.6) is 0 Å². The molecule has 0 spiro atoms. The number of nitrogens with zero attached hydrogens (tertiary/aromatic N) is 4. The van der Waals surface area contributed by atoms with E-state index in [9.17, 15) is 9.59 Å². The van der Waals surface area contributed by atoms with Crippen LogP contribution in [0.15, 0.2) is 36.7 Å². The van der Waals surface area contributed by atoms with E-state index in [1.54, 1.807) is 11.1 Å². The molecule has 1 aromatic heterocycles. The van der Waals surface area contributed by atoms with Crippen molar-refractivity contribution in [1.82, 2.24) is 24.7 Å². The minimum atomic E-state index is -0.411. The van der Waals surface area contributed by atoms with Crippen LogP contribution < -0.4 is 5.32 Å². The molecule has 1 saturated heterocycles. The molecule has 4 rings (SSSR count). The van der Waals surface area contributed by atoms with E-state index in [4.69, 9.17) is 0 Å². The number of fused-ring (bicyclic) bond motifs is 1. The van der Waals surface area contributed by atoms with Gasteiger partial charge in [0, 0.05) is 45.1 Å². The van der Waals surface area contributed by atoms with E-state index in [1.165, 1.54) is 11.1 Å². The third-order valence-corrected chi connectivity index (χ3v) is 6.23. The maximum absolute atomic E-state index is 13.1. The van der Waals surface area contributed by atoms with Gasteiger partial charge in [0.25, 0.3) is 0 Å². The highest BCUT2D eigenvalue weighted by molar-refractivity contribution is 5.89. The van der Waals surface area contributed by atoms with Crippen molar-refractivity contribution in [1.29, 1.82) is 0 Å². The smallest absolute Gasteiger partial charge is 0.237 e. The normalized spacial score (nSPS) is 19.8. The van der Waals surface area contributed by atoms with Crippen molar-refractivity contribution in [2.75, 3.05) is 19.6 Å². The zero-order valence-corrected chi connectivity index (χ0v) is 17.2. The van der Waals surface area contributed by atoms with Gasteiger partial charge in [0.05, 0.1) is 19.0 Å². The first-order valence-electron chi connectivity index (χ1n) is 10.4. The lowest BCUT2D eigenvalue weighted by Crippen LogP contribution is -2.59. The summed E-state index contributed by atoms with van der Waals surface area (Å²) in [6.07, 6.45) is 5.71. The molecule has 2 amide bonds. The number of rotatable bonds is 6. The summed E-state index contributed by atoms with van der Waals surface area (Å²) < 4.78 is 1.92. The minimum absolute atomic E-state index is 0.00180. The van der Waals surface area contributed by atoms with Crippen LogP contribution in [0.3, 0.4) is 0 Å². The fraction of sp³-hybridized carbons (Fsp3) is 0.500. The molecule has 0 saturated carbocycles. The van der Waals surface area contributed by atoms with Crippen LogP contribution >= 0.6 is 0 Å². The van der Waals surface area contributed by atoms with Crippen LogP contribution in [-0.2, 0) is 36.0 Å². The number of hydrogen-bond donors (Lipinski definition) is 1. The third-order valence-electron chi connectivity index (χ3n) is 6.23. The van der Waals surface area contributed by atoms with E-state index in [2.05, 4.69) is 39.5 Å². The van der Waals surface area contributed by atoms with Gasteiger partial charge in [-0.15, -0.1) is 0 Å². The minimum Gasteiger partial charge on any atom is -0.353 e. The first-order valence-corrected chi connectivity index (χ1v) is 10.4. The largest absolute Gasteiger partial charge is 0.353 e. The van der Waals surface area contributed by atoms with Gasteiger partial charge in [0.1, 0.15) is 5.82 Å². The molecule has 0 bridgehead atoms. The molecule has 2 aromatic rings. The summed E-state index contributed by atoms with van der Waals surface area (Å²) in [6, 6.07) is 8.35. The van der Waals surface area contributed by atoms with Gasteiger partial charge in [-0.1, -0.05) is 24.3 Å². The van der Waals surface area contributed by atoms with Crippen LogP contribution in [0.25, 0.3) is 0 Å². The number of aryl methyl sites for hydroxylation is 1. The number of imidazole rings is 1. The van der Waals surface area contributed by atoms with E-state index in [0.29, 0.717) is 19.6 Å². The van der Waals surface area contributed by atoms with Gasteiger partial charge in [0.2, 0.25) is 11.8 Å². The lowest BCUT2D eigenvalue weighted by Gasteiger charge is -2.39. The highest BCUT2D eigenvalue weighted by Gasteiger charge is 2.38. The Bertz CT molecular complexity index is 868. The monoisotopic (exact) mass is 395 g/mol. The van der Waals surface area contributed by atoms with E-state index in [0.717, 1.165) is 25.2 Å². The Balaban J connectivity index is 1.46. The number of amides is 2. The van der Waals surface area contributed by atoms with Crippen molar-refractivity contribution in [2.45, 2.75) is 44.8 Å². The molecule has 2 heterocycles. The van der Waals surface area contributed by atoms with E-state index >= 15 is 0 Å². The highest BCUT2D eigenvalue weighted by atomic mass is 16.2. The highest BCUT2D eigenvalue weighted by Crippen LogP contribution is 2.28. The number of carbonyl (C=O) groups is 2.